The molecular formula is C19H27F3O2. The molecule has 1 saturated carbocycles. The molecule has 2 aliphatic carbocycles. The first kappa shape index (κ1) is 19.1. The number of allylic oxidation sites excluding steroid dienone is 3. The quantitative estimate of drug-likeness (QED) is 0.332. The fourth-order valence-corrected chi connectivity index (χ4v) is 4.27. The van der Waals surface area contributed by atoms with Crippen molar-refractivity contribution < 1.29 is 22.7 Å². The Hall–Kier alpha value is -1.26. The third-order valence-electron chi connectivity index (χ3n) is 5.72. The Kier molecular flexibility index (Phi) is 6.16. The van der Waals surface area contributed by atoms with Gasteiger partial charge < -0.3 is 4.74 Å². The smallest absolute Gasteiger partial charge is 0.392 e. The van der Waals surface area contributed by atoms with Gasteiger partial charge in [-0.2, -0.15) is 13.2 Å². The summed E-state index contributed by atoms with van der Waals surface area (Å²) in [5, 5.41) is 0. The molecule has 0 amide bonds. The molecule has 0 radical (unpaired) electrons. The number of hydrogen-bond acceptors (Lipinski definition) is 2. The van der Waals surface area contributed by atoms with Crippen molar-refractivity contribution in [2.24, 2.45) is 23.7 Å². The minimum Gasteiger partial charge on any atom is -0.462 e. The highest BCUT2D eigenvalue weighted by Crippen LogP contribution is 2.50. The van der Waals surface area contributed by atoms with E-state index in [-0.39, 0.29) is 17.8 Å². The number of fused-ring (bicyclic) bond motifs is 1. The summed E-state index contributed by atoms with van der Waals surface area (Å²) in [5.74, 6) is -0.668. The predicted molar refractivity (Wildman–Crippen MR) is 87.2 cm³/mol. The summed E-state index contributed by atoms with van der Waals surface area (Å²) < 4.78 is 43.1. The summed E-state index contributed by atoms with van der Waals surface area (Å²) in [6.45, 7) is 6.31. The van der Waals surface area contributed by atoms with Crippen LogP contribution in [-0.4, -0.2) is 18.8 Å². The molecule has 0 aromatic rings. The van der Waals surface area contributed by atoms with Gasteiger partial charge in [0.15, 0.2) is 0 Å². The predicted octanol–water partition coefficient (Wildman–Crippen LogP) is 5.45. The number of ether oxygens (including phenoxy) is 1. The monoisotopic (exact) mass is 344 g/mol. The highest BCUT2D eigenvalue weighted by molar-refractivity contribution is 5.90. The number of hydrogen-bond donors (Lipinski definition) is 0. The van der Waals surface area contributed by atoms with Crippen LogP contribution in [0, 0.1) is 23.7 Å². The number of esters is 1. The molecule has 5 heteroatoms. The zero-order chi connectivity index (χ0) is 17.9. The van der Waals surface area contributed by atoms with Crippen LogP contribution in [0.1, 0.15) is 52.9 Å². The van der Waals surface area contributed by atoms with Crippen LogP contribution in [0.2, 0.25) is 0 Å². The minimum atomic E-state index is -4.00. The molecule has 3 rings (SSSR count). The van der Waals surface area contributed by atoms with E-state index >= 15 is 0 Å². The summed E-state index contributed by atoms with van der Waals surface area (Å²) in [6.07, 6.45) is 3.68. The van der Waals surface area contributed by atoms with Gasteiger partial charge in [0.2, 0.25) is 0 Å². The van der Waals surface area contributed by atoms with Crippen LogP contribution in [0.5, 0.6) is 0 Å². The van der Waals surface area contributed by atoms with Crippen molar-refractivity contribution in [3.05, 3.63) is 23.3 Å². The molecule has 136 valence electrons. The van der Waals surface area contributed by atoms with Crippen LogP contribution in [0.3, 0.4) is 0 Å². The summed E-state index contributed by atoms with van der Waals surface area (Å²) in [7, 11) is 0. The highest BCUT2D eigenvalue weighted by atomic mass is 19.4. The van der Waals surface area contributed by atoms with Crippen LogP contribution in [-0.2, 0) is 9.53 Å². The Labute approximate surface area is 142 Å². The van der Waals surface area contributed by atoms with E-state index in [2.05, 4.69) is 17.7 Å². The number of carbonyl (C=O) groups is 1. The molecule has 24 heavy (non-hydrogen) atoms. The topological polar surface area (TPSA) is 26.3 Å². The van der Waals surface area contributed by atoms with Gasteiger partial charge in [0.05, 0.1) is 12.5 Å². The Morgan fingerprint density at radius 1 is 1.29 bits per heavy atom. The molecule has 0 bridgehead atoms. The van der Waals surface area contributed by atoms with Gasteiger partial charge in [-0.3, -0.25) is 0 Å². The van der Waals surface area contributed by atoms with E-state index in [9.17, 15) is 18.0 Å². The van der Waals surface area contributed by atoms with Crippen molar-refractivity contribution in [2.75, 3.05) is 6.61 Å². The second kappa shape index (κ2) is 7.75. The van der Waals surface area contributed by atoms with E-state index in [0.29, 0.717) is 18.9 Å². The molecule has 1 heterocycles. The second-order valence-corrected chi connectivity index (χ2v) is 7.20. The molecule has 0 N–H and O–H groups in total. The van der Waals surface area contributed by atoms with Crippen LogP contribution in [0.15, 0.2) is 23.3 Å². The minimum absolute atomic E-state index is 0.146. The molecule has 2 fully saturated rings. The maximum Gasteiger partial charge on any atom is 0.392 e. The van der Waals surface area contributed by atoms with Gasteiger partial charge in [0.25, 0.3) is 0 Å². The first-order chi connectivity index (χ1) is 11.2. The lowest BCUT2D eigenvalue weighted by atomic mass is 9.62. The molecule has 3 aliphatic rings. The molecule has 1 aliphatic heterocycles. The van der Waals surface area contributed by atoms with Crippen LogP contribution < -0.4 is 0 Å². The van der Waals surface area contributed by atoms with E-state index in [0.717, 1.165) is 31.3 Å². The number of cyclic esters (lactones) is 1. The first-order valence-electron chi connectivity index (χ1n) is 8.78. The molecule has 0 spiro atoms. The van der Waals surface area contributed by atoms with Gasteiger partial charge in [-0.1, -0.05) is 24.6 Å². The molecule has 0 aromatic carbocycles. The molecule has 0 aromatic heterocycles. The maximum atomic E-state index is 12.8. The van der Waals surface area contributed by atoms with E-state index in [1.54, 1.807) is 13.0 Å². The summed E-state index contributed by atoms with van der Waals surface area (Å²) in [6, 6.07) is 0. The van der Waals surface area contributed by atoms with Gasteiger partial charge >= 0.3 is 12.1 Å². The number of rotatable bonds is 0. The summed E-state index contributed by atoms with van der Waals surface area (Å²) in [5.41, 5.74) is 2.17. The lowest BCUT2D eigenvalue weighted by Gasteiger charge is -2.44. The van der Waals surface area contributed by atoms with Crippen LogP contribution in [0.4, 0.5) is 13.2 Å². The van der Waals surface area contributed by atoms with Crippen LogP contribution in [0.25, 0.3) is 0 Å². The van der Waals surface area contributed by atoms with Gasteiger partial charge in [-0.25, -0.2) is 4.79 Å². The Morgan fingerprint density at radius 3 is 2.50 bits per heavy atom. The molecule has 2 nitrogen and oxygen atoms in total. The lowest BCUT2D eigenvalue weighted by Crippen LogP contribution is -2.41. The standard InChI is InChI=1S/C13H19F3.C6H8O2/c1-8-3-5-11-9(2)12(13(14,15)16)6-4-10(11)7-8;1-2-5-3-4-8-6(5)7/h3,9-12H,4-7H2,1-2H3;2H,3-4H2,1H3/b;5-2+. The molecular weight excluding hydrogens is 317 g/mol. The van der Waals surface area contributed by atoms with Gasteiger partial charge in [-0.15, -0.1) is 0 Å². The van der Waals surface area contributed by atoms with E-state index < -0.39 is 12.1 Å². The van der Waals surface area contributed by atoms with E-state index in [1.165, 1.54) is 5.57 Å². The van der Waals surface area contributed by atoms with Crippen molar-refractivity contribution in [2.45, 2.75) is 59.1 Å². The number of halogens is 3. The Balaban J connectivity index is 0.000000219. The van der Waals surface area contributed by atoms with Crippen molar-refractivity contribution in [1.29, 1.82) is 0 Å². The number of carbonyl (C=O) groups excluding carboxylic acids is 1. The average molecular weight is 344 g/mol. The van der Waals surface area contributed by atoms with Crippen molar-refractivity contribution >= 4 is 5.97 Å². The Morgan fingerprint density at radius 2 is 2.00 bits per heavy atom. The molecule has 1 saturated heterocycles. The van der Waals surface area contributed by atoms with Gasteiger partial charge in [0.1, 0.15) is 0 Å². The first-order valence-corrected chi connectivity index (χ1v) is 8.78. The van der Waals surface area contributed by atoms with Crippen molar-refractivity contribution in [3.63, 3.8) is 0 Å². The average Bonchev–Trinajstić information content (AvgIpc) is 2.92. The van der Waals surface area contributed by atoms with Gasteiger partial charge in [0, 0.05) is 12.0 Å². The number of alkyl halides is 3. The molecule has 4 atom stereocenters. The fourth-order valence-electron chi connectivity index (χ4n) is 4.27. The SMILES string of the molecule is C/C=C1\CCOC1=O.CC1=CCC2C(CCC(C(F)(F)F)C2C)C1. The zero-order valence-corrected chi connectivity index (χ0v) is 14.7. The van der Waals surface area contributed by atoms with E-state index in [4.69, 9.17) is 0 Å². The van der Waals surface area contributed by atoms with Crippen molar-refractivity contribution in [3.8, 4) is 0 Å². The zero-order valence-electron chi connectivity index (χ0n) is 14.7. The molecule has 4 unspecified atom stereocenters. The largest absolute Gasteiger partial charge is 0.462 e. The van der Waals surface area contributed by atoms with Crippen molar-refractivity contribution in [1.82, 2.24) is 0 Å². The van der Waals surface area contributed by atoms with Gasteiger partial charge in [-0.05, 0) is 57.3 Å². The fraction of sp³-hybridized carbons (Fsp3) is 0.737. The van der Waals surface area contributed by atoms with E-state index in [1.807, 2.05) is 6.92 Å². The summed E-state index contributed by atoms with van der Waals surface area (Å²) >= 11 is 0. The second-order valence-electron chi connectivity index (χ2n) is 7.20. The Bertz CT molecular complexity index is 519. The van der Waals surface area contributed by atoms with Crippen LogP contribution >= 0.6 is 0 Å². The lowest BCUT2D eigenvalue weighted by molar-refractivity contribution is -0.204. The summed E-state index contributed by atoms with van der Waals surface area (Å²) in [4.78, 5) is 10.5. The third-order valence-corrected chi connectivity index (χ3v) is 5.72. The normalized spacial score (nSPS) is 34.8. The highest BCUT2D eigenvalue weighted by Gasteiger charge is 2.49. The maximum absolute atomic E-state index is 12.8. The third kappa shape index (κ3) is 4.42.